The lowest BCUT2D eigenvalue weighted by atomic mass is 10.1. The van der Waals surface area contributed by atoms with Gasteiger partial charge in [-0.15, -0.1) is 0 Å². The zero-order chi connectivity index (χ0) is 17.5. The highest BCUT2D eigenvalue weighted by atomic mass is 16.5. The number of fused-ring (bicyclic) bond motifs is 1. The highest BCUT2D eigenvalue weighted by molar-refractivity contribution is 5.84. The van der Waals surface area contributed by atoms with Gasteiger partial charge in [-0.3, -0.25) is 4.79 Å². The van der Waals surface area contributed by atoms with E-state index < -0.39 is 0 Å². The van der Waals surface area contributed by atoms with Crippen molar-refractivity contribution < 1.29 is 14.3 Å². The molecule has 3 aromatic carbocycles. The van der Waals surface area contributed by atoms with Gasteiger partial charge in [0.05, 0.1) is 13.7 Å². The molecule has 3 rings (SSSR count). The fraction of sp³-hybridized carbons (Fsp3) is 0.190. The van der Waals surface area contributed by atoms with Gasteiger partial charge in [-0.05, 0) is 40.1 Å². The van der Waals surface area contributed by atoms with Crippen LogP contribution in [0.15, 0.2) is 66.7 Å². The maximum absolute atomic E-state index is 11.9. The predicted octanol–water partition coefficient (Wildman–Crippen LogP) is 3.68. The molecule has 25 heavy (non-hydrogen) atoms. The minimum Gasteiger partial charge on any atom is -0.497 e. The molecular weight excluding hydrogens is 314 g/mol. The zero-order valence-electron chi connectivity index (χ0n) is 14.2. The predicted molar refractivity (Wildman–Crippen MR) is 98.4 cm³/mol. The van der Waals surface area contributed by atoms with E-state index in [9.17, 15) is 4.79 Å². The van der Waals surface area contributed by atoms with Crippen LogP contribution in [0.25, 0.3) is 10.8 Å². The van der Waals surface area contributed by atoms with Crippen LogP contribution < -0.4 is 10.1 Å². The van der Waals surface area contributed by atoms with Gasteiger partial charge in [-0.1, -0.05) is 48.5 Å². The van der Waals surface area contributed by atoms with Gasteiger partial charge in [0.2, 0.25) is 5.91 Å². The van der Waals surface area contributed by atoms with E-state index in [1.165, 1.54) is 0 Å². The molecule has 3 aromatic rings. The Hall–Kier alpha value is -2.85. The molecule has 0 spiro atoms. The van der Waals surface area contributed by atoms with E-state index in [0.717, 1.165) is 27.6 Å². The quantitative estimate of drug-likeness (QED) is 0.716. The van der Waals surface area contributed by atoms with Crippen LogP contribution >= 0.6 is 0 Å². The normalized spacial score (nSPS) is 10.6. The average molecular weight is 335 g/mol. The molecule has 0 radical (unpaired) electrons. The van der Waals surface area contributed by atoms with Gasteiger partial charge in [-0.25, -0.2) is 0 Å². The number of hydrogen-bond acceptors (Lipinski definition) is 3. The number of hydrogen-bond donors (Lipinski definition) is 1. The van der Waals surface area contributed by atoms with Crippen molar-refractivity contribution >= 4 is 16.7 Å². The van der Waals surface area contributed by atoms with Crippen LogP contribution in [0.1, 0.15) is 11.1 Å². The standard InChI is InChI=1S/C21H21NO3/c1-24-20-10-9-18-11-17(7-8-19(18)12-20)13-22-21(23)15-25-14-16-5-3-2-4-6-16/h2-12H,13-15H2,1H3,(H,22,23). The number of carbonyl (C=O) groups is 1. The Balaban J connectivity index is 1.49. The third kappa shape index (κ3) is 4.81. The first-order valence-corrected chi connectivity index (χ1v) is 8.19. The minimum atomic E-state index is -0.120. The van der Waals surface area contributed by atoms with Gasteiger partial charge in [0.15, 0.2) is 0 Å². The molecule has 0 aliphatic heterocycles. The molecule has 0 saturated carbocycles. The Labute approximate surface area is 147 Å². The summed E-state index contributed by atoms with van der Waals surface area (Å²) in [6, 6.07) is 21.9. The number of benzene rings is 3. The molecule has 0 aliphatic carbocycles. The topological polar surface area (TPSA) is 47.6 Å². The van der Waals surface area contributed by atoms with E-state index in [0.29, 0.717) is 13.2 Å². The largest absolute Gasteiger partial charge is 0.497 e. The Morgan fingerprint density at radius 1 is 0.920 bits per heavy atom. The van der Waals surface area contributed by atoms with Gasteiger partial charge >= 0.3 is 0 Å². The fourth-order valence-corrected chi connectivity index (χ4v) is 2.60. The van der Waals surface area contributed by atoms with E-state index in [2.05, 4.69) is 11.4 Å². The molecule has 0 aliphatic rings. The van der Waals surface area contributed by atoms with E-state index in [-0.39, 0.29) is 12.5 Å². The van der Waals surface area contributed by atoms with Crippen LogP contribution in [0.3, 0.4) is 0 Å². The van der Waals surface area contributed by atoms with Crippen LogP contribution in [0.4, 0.5) is 0 Å². The Morgan fingerprint density at radius 3 is 2.48 bits per heavy atom. The first-order valence-electron chi connectivity index (χ1n) is 8.19. The Bertz CT molecular complexity index is 846. The summed E-state index contributed by atoms with van der Waals surface area (Å²) >= 11 is 0. The van der Waals surface area contributed by atoms with E-state index >= 15 is 0 Å². The Morgan fingerprint density at radius 2 is 1.68 bits per heavy atom. The van der Waals surface area contributed by atoms with Gasteiger partial charge < -0.3 is 14.8 Å². The number of ether oxygens (including phenoxy) is 2. The number of rotatable bonds is 7. The summed E-state index contributed by atoms with van der Waals surface area (Å²) in [5.74, 6) is 0.717. The SMILES string of the molecule is COc1ccc2cc(CNC(=O)COCc3ccccc3)ccc2c1. The number of amides is 1. The van der Waals surface area contributed by atoms with E-state index in [1.54, 1.807) is 7.11 Å². The van der Waals surface area contributed by atoms with Crippen LogP contribution in [0.2, 0.25) is 0 Å². The van der Waals surface area contributed by atoms with Crippen molar-refractivity contribution in [2.24, 2.45) is 0 Å². The summed E-state index contributed by atoms with van der Waals surface area (Å²) in [6.45, 7) is 0.973. The summed E-state index contributed by atoms with van der Waals surface area (Å²) in [5, 5.41) is 5.11. The number of carbonyl (C=O) groups excluding carboxylic acids is 1. The summed E-state index contributed by atoms with van der Waals surface area (Å²) in [7, 11) is 1.66. The highest BCUT2D eigenvalue weighted by Gasteiger charge is 2.03. The molecule has 0 aromatic heterocycles. The summed E-state index contributed by atoms with van der Waals surface area (Å²) in [6.07, 6.45) is 0. The smallest absolute Gasteiger partial charge is 0.246 e. The molecule has 1 N–H and O–H groups in total. The third-order valence-corrected chi connectivity index (χ3v) is 3.95. The monoisotopic (exact) mass is 335 g/mol. The van der Waals surface area contributed by atoms with Crippen molar-refractivity contribution in [3.8, 4) is 5.75 Å². The first-order chi connectivity index (χ1) is 12.2. The van der Waals surface area contributed by atoms with E-state index in [1.807, 2.05) is 60.7 Å². The molecule has 128 valence electrons. The van der Waals surface area contributed by atoms with Crippen LogP contribution in [-0.4, -0.2) is 19.6 Å². The summed E-state index contributed by atoms with van der Waals surface area (Å²) < 4.78 is 10.7. The minimum absolute atomic E-state index is 0.0552. The van der Waals surface area contributed by atoms with Gasteiger partial charge in [0, 0.05) is 6.54 Å². The van der Waals surface area contributed by atoms with Crippen LogP contribution in [-0.2, 0) is 22.7 Å². The molecule has 0 bridgehead atoms. The van der Waals surface area contributed by atoms with Crippen molar-refractivity contribution in [3.05, 3.63) is 77.9 Å². The van der Waals surface area contributed by atoms with Crippen LogP contribution in [0.5, 0.6) is 5.75 Å². The average Bonchev–Trinajstić information content (AvgIpc) is 2.66. The molecule has 4 heteroatoms. The van der Waals surface area contributed by atoms with Crippen molar-refractivity contribution in [2.45, 2.75) is 13.2 Å². The van der Waals surface area contributed by atoms with Gasteiger partial charge in [0.1, 0.15) is 12.4 Å². The van der Waals surface area contributed by atoms with E-state index in [4.69, 9.17) is 9.47 Å². The van der Waals surface area contributed by atoms with Crippen molar-refractivity contribution in [3.63, 3.8) is 0 Å². The molecule has 4 nitrogen and oxygen atoms in total. The maximum Gasteiger partial charge on any atom is 0.246 e. The van der Waals surface area contributed by atoms with Crippen molar-refractivity contribution in [1.82, 2.24) is 5.32 Å². The zero-order valence-corrected chi connectivity index (χ0v) is 14.2. The van der Waals surface area contributed by atoms with Gasteiger partial charge in [0.25, 0.3) is 0 Å². The molecule has 1 amide bonds. The first kappa shape index (κ1) is 17.0. The van der Waals surface area contributed by atoms with Gasteiger partial charge in [-0.2, -0.15) is 0 Å². The second-order valence-corrected chi connectivity index (χ2v) is 5.80. The van der Waals surface area contributed by atoms with Crippen molar-refractivity contribution in [2.75, 3.05) is 13.7 Å². The molecule has 0 saturated heterocycles. The molecule has 0 unspecified atom stereocenters. The summed E-state index contributed by atoms with van der Waals surface area (Å²) in [5.41, 5.74) is 2.11. The fourth-order valence-electron chi connectivity index (χ4n) is 2.60. The Kier molecular flexibility index (Phi) is 5.65. The second kappa shape index (κ2) is 8.31. The number of nitrogens with one attached hydrogen (secondary N) is 1. The molecule has 0 heterocycles. The molecule has 0 fully saturated rings. The second-order valence-electron chi connectivity index (χ2n) is 5.80. The summed E-state index contributed by atoms with van der Waals surface area (Å²) in [4.78, 5) is 11.9. The molecule has 0 atom stereocenters. The lowest BCUT2D eigenvalue weighted by Gasteiger charge is -2.08. The third-order valence-electron chi connectivity index (χ3n) is 3.95. The van der Waals surface area contributed by atoms with Crippen molar-refractivity contribution in [1.29, 1.82) is 0 Å². The highest BCUT2D eigenvalue weighted by Crippen LogP contribution is 2.21. The lowest BCUT2D eigenvalue weighted by molar-refractivity contribution is -0.126. The number of methoxy groups -OCH3 is 1. The molecular formula is C21H21NO3. The van der Waals surface area contributed by atoms with Crippen LogP contribution in [0, 0.1) is 0 Å². The maximum atomic E-state index is 11.9. The lowest BCUT2D eigenvalue weighted by Crippen LogP contribution is -2.27.